The molecule has 1 N–H and O–H groups in total. The van der Waals surface area contributed by atoms with Crippen molar-refractivity contribution in [2.75, 3.05) is 4.90 Å². The Bertz CT molecular complexity index is 531. The lowest BCUT2D eigenvalue weighted by Gasteiger charge is -2.30. The maximum absolute atomic E-state index is 12.1. The molecular formula is C14H17NO4. The summed E-state index contributed by atoms with van der Waals surface area (Å²) in [5.74, 6) is -0.162. The quantitative estimate of drug-likeness (QED) is 0.781. The van der Waals surface area contributed by atoms with Crippen molar-refractivity contribution in [1.29, 1.82) is 0 Å². The summed E-state index contributed by atoms with van der Waals surface area (Å²) in [6.07, 6.45) is 0.0709. The van der Waals surface area contributed by atoms with E-state index in [1.54, 1.807) is 32.9 Å². The van der Waals surface area contributed by atoms with Crippen LogP contribution < -0.4 is 4.90 Å². The fraction of sp³-hybridized carbons (Fsp3) is 0.429. The second-order valence-corrected chi connectivity index (χ2v) is 5.52. The molecule has 19 heavy (non-hydrogen) atoms. The van der Waals surface area contributed by atoms with Crippen molar-refractivity contribution >= 4 is 17.7 Å². The number of nitrogens with zero attached hydrogens (tertiary/aromatic N) is 1. The molecule has 0 saturated carbocycles. The predicted octanol–water partition coefficient (Wildman–Crippen LogP) is 2.61. The monoisotopic (exact) mass is 263 g/mol. The number of anilines is 1. The minimum atomic E-state index is -0.677. The molecule has 0 saturated heterocycles. The molecule has 1 heterocycles. The highest BCUT2D eigenvalue weighted by molar-refractivity contribution is 6.14. The molecule has 5 heteroatoms. The molecule has 1 aromatic rings. The van der Waals surface area contributed by atoms with Crippen LogP contribution in [0.4, 0.5) is 10.5 Å². The number of imide groups is 1. The van der Waals surface area contributed by atoms with Crippen molar-refractivity contribution in [3.05, 3.63) is 23.8 Å². The molecule has 102 valence electrons. The van der Waals surface area contributed by atoms with Crippen molar-refractivity contribution in [3.63, 3.8) is 0 Å². The van der Waals surface area contributed by atoms with Gasteiger partial charge >= 0.3 is 6.09 Å². The number of hydrogen-bond donors (Lipinski definition) is 1. The van der Waals surface area contributed by atoms with E-state index in [2.05, 4.69) is 0 Å². The number of aryl methyl sites for hydroxylation is 1. The van der Waals surface area contributed by atoms with Crippen LogP contribution in [0.25, 0.3) is 0 Å². The summed E-state index contributed by atoms with van der Waals surface area (Å²) in [6.45, 7) is 5.24. The van der Waals surface area contributed by atoms with E-state index in [9.17, 15) is 14.7 Å². The standard InChI is InChI=1S/C14H17NO4/c1-14(2,3)19-13(18)15-11-6-5-10(16)8-9(11)4-7-12(15)17/h5-6,8,16H,4,7H2,1-3H3. The van der Waals surface area contributed by atoms with Gasteiger partial charge in [0.2, 0.25) is 5.91 Å². The van der Waals surface area contributed by atoms with E-state index < -0.39 is 11.7 Å². The lowest BCUT2D eigenvalue weighted by Crippen LogP contribution is -2.43. The Kier molecular flexibility index (Phi) is 3.22. The number of phenols is 1. The molecule has 0 radical (unpaired) electrons. The molecule has 5 nitrogen and oxygen atoms in total. The summed E-state index contributed by atoms with van der Waals surface area (Å²) in [7, 11) is 0. The Labute approximate surface area is 111 Å². The number of ether oxygens (including phenoxy) is 1. The van der Waals surface area contributed by atoms with E-state index in [1.165, 1.54) is 6.07 Å². The van der Waals surface area contributed by atoms with Gasteiger partial charge in [-0.15, -0.1) is 0 Å². The second kappa shape index (κ2) is 4.57. The summed E-state index contributed by atoms with van der Waals surface area (Å²) in [5, 5.41) is 9.45. The van der Waals surface area contributed by atoms with Gasteiger partial charge in [0.05, 0.1) is 5.69 Å². The largest absolute Gasteiger partial charge is 0.508 e. The lowest BCUT2D eigenvalue weighted by molar-refractivity contribution is -0.118. The fourth-order valence-electron chi connectivity index (χ4n) is 1.99. The van der Waals surface area contributed by atoms with Gasteiger partial charge in [-0.05, 0) is 51.0 Å². The summed E-state index contributed by atoms with van der Waals surface area (Å²) in [4.78, 5) is 25.1. The van der Waals surface area contributed by atoms with E-state index in [0.717, 1.165) is 10.5 Å². The Hall–Kier alpha value is -2.04. The molecule has 0 unspecified atom stereocenters. The molecule has 1 aliphatic heterocycles. The molecule has 2 amide bonds. The summed E-state index contributed by atoms with van der Waals surface area (Å²) in [6, 6.07) is 4.58. The average molecular weight is 263 g/mol. The van der Waals surface area contributed by atoms with E-state index >= 15 is 0 Å². The van der Waals surface area contributed by atoms with E-state index in [1.807, 2.05) is 0 Å². The number of carbonyl (C=O) groups excluding carboxylic acids is 2. The van der Waals surface area contributed by atoms with Gasteiger partial charge in [-0.3, -0.25) is 4.79 Å². The maximum atomic E-state index is 12.1. The summed E-state index contributed by atoms with van der Waals surface area (Å²) in [5.41, 5.74) is 0.597. The van der Waals surface area contributed by atoms with Gasteiger partial charge in [0.1, 0.15) is 11.4 Å². The number of carbonyl (C=O) groups is 2. The highest BCUT2D eigenvalue weighted by Gasteiger charge is 2.33. The number of benzene rings is 1. The highest BCUT2D eigenvalue weighted by Crippen LogP contribution is 2.31. The smallest absolute Gasteiger partial charge is 0.421 e. The van der Waals surface area contributed by atoms with Crippen LogP contribution in [0.2, 0.25) is 0 Å². The number of hydrogen-bond acceptors (Lipinski definition) is 4. The average Bonchev–Trinajstić information content (AvgIpc) is 2.26. The molecule has 1 aromatic carbocycles. The van der Waals surface area contributed by atoms with Crippen molar-refractivity contribution in [2.45, 2.75) is 39.2 Å². The second-order valence-electron chi connectivity index (χ2n) is 5.52. The zero-order chi connectivity index (χ0) is 14.2. The molecule has 0 atom stereocenters. The maximum Gasteiger partial charge on any atom is 0.421 e. The van der Waals surface area contributed by atoms with Crippen LogP contribution in [0, 0.1) is 0 Å². The normalized spacial score (nSPS) is 15.1. The van der Waals surface area contributed by atoms with Gasteiger partial charge in [-0.1, -0.05) is 0 Å². The van der Waals surface area contributed by atoms with Crippen LogP contribution in [0.1, 0.15) is 32.8 Å². The first kappa shape index (κ1) is 13.4. The third kappa shape index (κ3) is 2.86. The van der Waals surface area contributed by atoms with Crippen LogP contribution in [0.5, 0.6) is 5.75 Å². The van der Waals surface area contributed by atoms with Crippen molar-refractivity contribution in [2.24, 2.45) is 0 Å². The van der Waals surface area contributed by atoms with Crippen LogP contribution >= 0.6 is 0 Å². The number of fused-ring (bicyclic) bond motifs is 1. The molecule has 0 spiro atoms. The first-order chi connectivity index (χ1) is 8.78. The summed E-state index contributed by atoms with van der Waals surface area (Å²) >= 11 is 0. The number of aromatic hydroxyl groups is 1. The minimum absolute atomic E-state index is 0.122. The van der Waals surface area contributed by atoms with Crippen LogP contribution in [0.3, 0.4) is 0 Å². The van der Waals surface area contributed by atoms with Crippen LogP contribution in [0.15, 0.2) is 18.2 Å². The molecule has 1 aliphatic rings. The van der Waals surface area contributed by atoms with E-state index in [-0.39, 0.29) is 18.1 Å². The van der Waals surface area contributed by atoms with Crippen molar-refractivity contribution in [3.8, 4) is 5.75 Å². The number of phenolic OH excluding ortho intramolecular Hbond substituents is 1. The van der Waals surface area contributed by atoms with Gasteiger partial charge in [-0.25, -0.2) is 9.69 Å². The molecule has 0 aromatic heterocycles. The highest BCUT2D eigenvalue weighted by atomic mass is 16.6. The molecule has 0 fully saturated rings. The third-order valence-corrected chi connectivity index (χ3v) is 2.74. The van der Waals surface area contributed by atoms with Gasteiger partial charge in [0.25, 0.3) is 0 Å². The van der Waals surface area contributed by atoms with Gasteiger partial charge in [0, 0.05) is 6.42 Å². The first-order valence-corrected chi connectivity index (χ1v) is 6.16. The zero-order valence-electron chi connectivity index (χ0n) is 11.3. The van der Waals surface area contributed by atoms with Crippen LogP contribution in [-0.2, 0) is 16.0 Å². The minimum Gasteiger partial charge on any atom is -0.508 e. The Morgan fingerprint density at radius 2 is 2.00 bits per heavy atom. The number of rotatable bonds is 0. The fourth-order valence-corrected chi connectivity index (χ4v) is 1.99. The van der Waals surface area contributed by atoms with Gasteiger partial charge in [0.15, 0.2) is 0 Å². The SMILES string of the molecule is CC(C)(C)OC(=O)N1C(=O)CCc2cc(O)ccc21. The van der Waals surface area contributed by atoms with E-state index in [4.69, 9.17) is 4.74 Å². The van der Waals surface area contributed by atoms with E-state index in [0.29, 0.717) is 12.1 Å². The van der Waals surface area contributed by atoms with Crippen molar-refractivity contribution < 1.29 is 19.4 Å². The predicted molar refractivity (Wildman–Crippen MR) is 70.1 cm³/mol. The first-order valence-electron chi connectivity index (χ1n) is 6.16. The molecular weight excluding hydrogens is 246 g/mol. The van der Waals surface area contributed by atoms with Gasteiger partial charge in [-0.2, -0.15) is 0 Å². The molecule has 2 rings (SSSR count). The van der Waals surface area contributed by atoms with Gasteiger partial charge < -0.3 is 9.84 Å². The van der Waals surface area contributed by atoms with Crippen molar-refractivity contribution in [1.82, 2.24) is 0 Å². The topological polar surface area (TPSA) is 66.8 Å². The Balaban J connectivity index is 2.35. The molecule has 0 bridgehead atoms. The molecule has 0 aliphatic carbocycles. The third-order valence-electron chi connectivity index (χ3n) is 2.74. The summed E-state index contributed by atoms with van der Waals surface area (Å²) < 4.78 is 5.24. The number of amides is 2. The zero-order valence-corrected chi connectivity index (χ0v) is 11.3. The Morgan fingerprint density at radius 1 is 1.32 bits per heavy atom. The Morgan fingerprint density at radius 3 is 2.63 bits per heavy atom. The lowest BCUT2D eigenvalue weighted by atomic mass is 10.0. The van der Waals surface area contributed by atoms with Crippen LogP contribution in [-0.4, -0.2) is 22.7 Å².